The van der Waals surface area contributed by atoms with Crippen LogP contribution in [-0.4, -0.2) is 23.3 Å². The van der Waals surface area contributed by atoms with Crippen molar-refractivity contribution >= 4 is 22.8 Å². The number of hydrogen-bond donors (Lipinski definition) is 1. The first-order valence-corrected chi connectivity index (χ1v) is 6.92. The normalized spacial score (nSPS) is 11.0. The van der Waals surface area contributed by atoms with E-state index in [1.807, 2.05) is 49.4 Å². The largest absolute Gasteiger partial charge is 0.497 e. The third kappa shape index (κ3) is 3.03. The van der Waals surface area contributed by atoms with E-state index >= 15 is 0 Å². The molecule has 0 spiro atoms. The Labute approximate surface area is 128 Å². The van der Waals surface area contributed by atoms with E-state index in [9.17, 15) is 0 Å². The van der Waals surface area contributed by atoms with Gasteiger partial charge in [0.15, 0.2) is 0 Å². The SMILES string of the molecule is COc1ccc2c(NN=Cc3cccc(C)n3)ccnc2c1. The number of pyridine rings is 2. The molecular weight excluding hydrogens is 276 g/mol. The standard InChI is InChI=1S/C17H16N4O/c1-12-4-3-5-13(20-12)11-19-21-16-8-9-18-17-10-14(22-2)6-7-15(16)17/h3-11H,1-2H3,(H,18,21). The molecule has 2 heterocycles. The number of nitrogens with zero attached hydrogens (tertiary/aromatic N) is 3. The molecule has 1 aromatic carbocycles. The van der Waals surface area contributed by atoms with E-state index < -0.39 is 0 Å². The topological polar surface area (TPSA) is 59.4 Å². The second kappa shape index (κ2) is 6.22. The second-order valence-corrected chi connectivity index (χ2v) is 4.82. The predicted octanol–water partition coefficient (Wildman–Crippen LogP) is 3.39. The van der Waals surface area contributed by atoms with E-state index in [2.05, 4.69) is 20.5 Å². The predicted molar refractivity (Wildman–Crippen MR) is 88.5 cm³/mol. The summed E-state index contributed by atoms with van der Waals surface area (Å²) in [6.45, 7) is 1.95. The molecule has 0 bridgehead atoms. The number of hydrazone groups is 1. The average Bonchev–Trinajstić information content (AvgIpc) is 2.54. The minimum atomic E-state index is 0.782. The molecule has 0 atom stereocenters. The number of hydrogen-bond acceptors (Lipinski definition) is 5. The highest BCUT2D eigenvalue weighted by Gasteiger charge is 2.02. The van der Waals surface area contributed by atoms with Gasteiger partial charge in [0.2, 0.25) is 0 Å². The Kier molecular flexibility index (Phi) is 3.96. The summed E-state index contributed by atoms with van der Waals surface area (Å²) in [5.41, 5.74) is 6.56. The van der Waals surface area contributed by atoms with Gasteiger partial charge >= 0.3 is 0 Å². The quantitative estimate of drug-likeness (QED) is 0.591. The molecule has 0 aliphatic heterocycles. The average molecular weight is 292 g/mol. The van der Waals surface area contributed by atoms with Crippen LogP contribution < -0.4 is 10.2 Å². The fourth-order valence-corrected chi connectivity index (χ4v) is 2.16. The molecule has 0 amide bonds. The maximum atomic E-state index is 5.21. The lowest BCUT2D eigenvalue weighted by atomic mass is 10.2. The molecule has 0 saturated carbocycles. The highest BCUT2D eigenvalue weighted by atomic mass is 16.5. The number of anilines is 1. The first-order chi connectivity index (χ1) is 10.8. The Morgan fingerprint density at radius 2 is 2.09 bits per heavy atom. The molecule has 0 unspecified atom stereocenters. The van der Waals surface area contributed by atoms with Gasteiger partial charge in [-0.3, -0.25) is 15.4 Å². The molecule has 0 radical (unpaired) electrons. The molecule has 22 heavy (non-hydrogen) atoms. The van der Waals surface area contributed by atoms with Crippen LogP contribution in [0.4, 0.5) is 5.69 Å². The van der Waals surface area contributed by atoms with Crippen molar-refractivity contribution in [2.45, 2.75) is 6.92 Å². The fourth-order valence-electron chi connectivity index (χ4n) is 2.16. The van der Waals surface area contributed by atoms with Crippen LogP contribution in [0.1, 0.15) is 11.4 Å². The van der Waals surface area contributed by atoms with E-state index in [0.717, 1.165) is 33.7 Å². The summed E-state index contributed by atoms with van der Waals surface area (Å²) in [6.07, 6.45) is 3.44. The van der Waals surface area contributed by atoms with Gasteiger partial charge in [-0.15, -0.1) is 0 Å². The number of rotatable bonds is 4. The zero-order valence-electron chi connectivity index (χ0n) is 12.4. The lowest BCUT2D eigenvalue weighted by molar-refractivity contribution is 0.415. The van der Waals surface area contributed by atoms with Crippen LogP contribution in [0.3, 0.4) is 0 Å². The fraction of sp³-hybridized carbons (Fsp3) is 0.118. The van der Waals surface area contributed by atoms with Crippen molar-refractivity contribution in [3.05, 3.63) is 60.0 Å². The molecule has 2 aromatic heterocycles. The van der Waals surface area contributed by atoms with Crippen molar-refractivity contribution < 1.29 is 4.74 Å². The van der Waals surface area contributed by atoms with Gasteiger partial charge in [0, 0.05) is 23.3 Å². The van der Waals surface area contributed by atoms with Crippen molar-refractivity contribution in [2.75, 3.05) is 12.5 Å². The van der Waals surface area contributed by atoms with Crippen molar-refractivity contribution in [3.8, 4) is 5.75 Å². The molecule has 3 rings (SSSR count). The molecule has 5 nitrogen and oxygen atoms in total. The summed E-state index contributed by atoms with van der Waals surface area (Å²) in [5.74, 6) is 0.782. The van der Waals surface area contributed by atoms with Gasteiger partial charge in [-0.05, 0) is 37.3 Å². The van der Waals surface area contributed by atoms with Gasteiger partial charge in [-0.25, -0.2) is 0 Å². The Balaban J connectivity index is 1.85. The first-order valence-electron chi connectivity index (χ1n) is 6.92. The Morgan fingerprint density at radius 1 is 1.18 bits per heavy atom. The minimum Gasteiger partial charge on any atom is -0.497 e. The molecule has 0 aliphatic rings. The monoisotopic (exact) mass is 292 g/mol. The number of nitrogens with one attached hydrogen (secondary N) is 1. The molecule has 0 saturated heterocycles. The van der Waals surface area contributed by atoms with Crippen LogP contribution in [-0.2, 0) is 0 Å². The minimum absolute atomic E-state index is 0.782. The van der Waals surface area contributed by atoms with E-state index in [4.69, 9.17) is 4.74 Å². The number of aromatic nitrogens is 2. The summed E-state index contributed by atoms with van der Waals surface area (Å²) >= 11 is 0. The van der Waals surface area contributed by atoms with Crippen LogP contribution in [0, 0.1) is 6.92 Å². The van der Waals surface area contributed by atoms with Crippen LogP contribution in [0.2, 0.25) is 0 Å². The summed E-state index contributed by atoms with van der Waals surface area (Å²) in [7, 11) is 1.64. The molecule has 0 fully saturated rings. The summed E-state index contributed by atoms with van der Waals surface area (Å²) in [6, 6.07) is 13.5. The summed E-state index contributed by atoms with van der Waals surface area (Å²) < 4.78 is 5.21. The smallest absolute Gasteiger partial charge is 0.121 e. The first kappa shape index (κ1) is 14.0. The van der Waals surface area contributed by atoms with E-state index in [1.54, 1.807) is 19.5 Å². The molecular formula is C17H16N4O. The number of benzene rings is 1. The van der Waals surface area contributed by atoms with E-state index in [0.29, 0.717) is 0 Å². The third-order valence-electron chi connectivity index (χ3n) is 3.24. The summed E-state index contributed by atoms with van der Waals surface area (Å²) in [5, 5.41) is 5.23. The molecule has 3 aromatic rings. The van der Waals surface area contributed by atoms with Gasteiger partial charge < -0.3 is 4.74 Å². The van der Waals surface area contributed by atoms with Gasteiger partial charge in [0.25, 0.3) is 0 Å². The maximum Gasteiger partial charge on any atom is 0.121 e. The van der Waals surface area contributed by atoms with Crippen LogP contribution in [0.15, 0.2) is 53.8 Å². The van der Waals surface area contributed by atoms with Crippen LogP contribution in [0.5, 0.6) is 5.75 Å². The van der Waals surface area contributed by atoms with E-state index in [1.165, 1.54) is 0 Å². The van der Waals surface area contributed by atoms with Gasteiger partial charge in [-0.2, -0.15) is 5.10 Å². The Hall–Kier alpha value is -2.95. The summed E-state index contributed by atoms with van der Waals surface area (Å²) in [4.78, 5) is 8.72. The lowest BCUT2D eigenvalue weighted by Gasteiger charge is -2.06. The lowest BCUT2D eigenvalue weighted by Crippen LogP contribution is -1.95. The Bertz CT molecular complexity index is 830. The van der Waals surface area contributed by atoms with Gasteiger partial charge in [0.1, 0.15) is 5.75 Å². The van der Waals surface area contributed by atoms with Crippen molar-refractivity contribution in [3.63, 3.8) is 0 Å². The number of fused-ring (bicyclic) bond motifs is 1. The highest BCUT2D eigenvalue weighted by Crippen LogP contribution is 2.25. The molecule has 0 aliphatic carbocycles. The maximum absolute atomic E-state index is 5.21. The van der Waals surface area contributed by atoms with Gasteiger partial charge in [0.05, 0.1) is 30.2 Å². The zero-order chi connectivity index (χ0) is 15.4. The molecule has 1 N–H and O–H groups in total. The van der Waals surface area contributed by atoms with E-state index in [-0.39, 0.29) is 0 Å². The highest BCUT2D eigenvalue weighted by molar-refractivity contribution is 5.92. The van der Waals surface area contributed by atoms with Crippen molar-refractivity contribution in [2.24, 2.45) is 5.10 Å². The second-order valence-electron chi connectivity index (χ2n) is 4.82. The number of aryl methyl sites for hydroxylation is 1. The number of ether oxygens (including phenoxy) is 1. The van der Waals surface area contributed by atoms with Crippen molar-refractivity contribution in [1.82, 2.24) is 9.97 Å². The van der Waals surface area contributed by atoms with Gasteiger partial charge in [-0.1, -0.05) is 6.07 Å². The molecule has 110 valence electrons. The third-order valence-corrected chi connectivity index (χ3v) is 3.24. The van der Waals surface area contributed by atoms with Crippen molar-refractivity contribution in [1.29, 1.82) is 0 Å². The van der Waals surface area contributed by atoms with Crippen LogP contribution in [0.25, 0.3) is 10.9 Å². The zero-order valence-corrected chi connectivity index (χ0v) is 12.4. The molecule has 5 heteroatoms. The Morgan fingerprint density at radius 3 is 2.91 bits per heavy atom. The number of methoxy groups -OCH3 is 1. The van der Waals surface area contributed by atoms with Crippen LogP contribution >= 0.6 is 0 Å².